The van der Waals surface area contributed by atoms with Crippen molar-refractivity contribution in [2.75, 3.05) is 20.3 Å². The van der Waals surface area contributed by atoms with Crippen LogP contribution < -0.4 is 10.6 Å². The molecule has 8 nitrogen and oxygen atoms in total. The number of nitrogens with one attached hydrogen (secondary N) is 2. The molecule has 0 bridgehead atoms. The van der Waals surface area contributed by atoms with E-state index in [0.717, 1.165) is 10.5 Å². The van der Waals surface area contributed by atoms with Gasteiger partial charge in [0, 0.05) is 14.0 Å². The van der Waals surface area contributed by atoms with Gasteiger partial charge in [0.1, 0.15) is 6.61 Å². The maximum atomic E-state index is 12.0. The second-order valence-corrected chi connectivity index (χ2v) is 4.63. The average Bonchev–Trinajstić information content (AvgIpc) is 2.56. The molecule has 0 aliphatic carbocycles. The quantitative estimate of drug-likeness (QED) is 0.545. The van der Waals surface area contributed by atoms with Gasteiger partial charge >= 0.3 is 6.09 Å². The van der Waals surface area contributed by atoms with Crippen LogP contribution in [0, 0.1) is 0 Å². The minimum Gasteiger partial charge on any atom is -0.444 e. The van der Waals surface area contributed by atoms with Gasteiger partial charge in [-0.05, 0) is 5.56 Å². The molecule has 0 radical (unpaired) electrons. The maximum absolute atomic E-state index is 12.0. The van der Waals surface area contributed by atoms with E-state index < -0.39 is 24.3 Å². The first-order valence-electron chi connectivity index (χ1n) is 6.89. The number of hydrogen-bond acceptors (Lipinski definition) is 5. The fraction of sp³-hybridized carbons (Fsp3) is 0.333. The summed E-state index contributed by atoms with van der Waals surface area (Å²) < 4.78 is 5.09. The summed E-state index contributed by atoms with van der Waals surface area (Å²) in [4.78, 5) is 46.9. The Kier molecular flexibility index (Phi) is 7.25. The van der Waals surface area contributed by atoms with Crippen LogP contribution in [0.15, 0.2) is 30.3 Å². The number of benzene rings is 1. The van der Waals surface area contributed by atoms with Gasteiger partial charge in [-0.25, -0.2) is 4.79 Å². The van der Waals surface area contributed by atoms with Gasteiger partial charge in [0.25, 0.3) is 5.91 Å². The van der Waals surface area contributed by atoms with E-state index in [4.69, 9.17) is 4.74 Å². The van der Waals surface area contributed by atoms with Crippen LogP contribution in [0.3, 0.4) is 0 Å². The van der Waals surface area contributed by atoms with Crippen LogP contribution in [0.2, 0.25) is 0 Å². The highest BCUT2D eigenvalue weighted by molar-refractivity contribution is 6.37. The number of Topliss-reactive ketones (excluding diaryl/α,β-unsaturated/α-hetero) is 1. The second-order valence-electron chi connectivity index (χ2n) is 4.63. The third-order valence-corrected chi connectivity index (χ3v) is 2.80. The van der Waals surface area contributed by atoms with Crippen LogP contribution >= 0.6 is 0 Å². The number of hydrogen-bond donors (Lipinski definition) is 2. The van der Waals surface area contributed by atoms with Gasteiger partial charge in [0.2, 0.25) is 11.7 Å². The molecule has 23 heavy (non-hydrogen) atoms. The van der Waals surface area contributed by atoms with Crippen molar-refractivity contribution in [2.45, 2.75) is 13.5 Å². The largest absolute Gasteiger partial charge is 0.444 e. The van der Waals surface area contributed by atoms with Gasteiger partial charge in [-0.2, -0.15) is 0 Å². The van der Waals surface area contributed by atoms with Crippen molar-refractivity contribution in [1.82, 2.24) is 15.5 Å². The molecule has 3 amide bonds. The number of nitrogens with zero attached hydrogens (tertiary/aromatic N) is 1. The van der Waals surface area contributed by atoms with Crippen molar-refractivity contribution < 1.29 is 23.9 Å². The van der Waals surface area contributed by atoms with Crippen molar-refractivity contribution >= 4 is 23.7 Å². The first-order chi connectivity index (χ1) is 10.9. The lowest BCUT2D eigenvalue weighted by Crippen LogP contribution is -2.46. The minimum atomic E-state index is -0.825. The van der Waals surface area contributed by atoms with E-state index >= 15 is 0 Å². The molecule has 0 fully saturated rings. The number of likely N-dealkylation sites (N-methyl/N-ethyl adjacent to an activating group) is 1. The van der Waals surface area contributed by atoms with Crippen molar-refractivity contribution in [1.29, 1.82) is 0 Å². The molecule has 0 aliphatic rings. The molecule has 1 aromatic carbocycles. The van der Waals surface area contributed by atoms with Crippen LogP contribution in [-0.2, 0) is 25.7 Å². The normalized spacial score (nSPS) is 9.65. The molecular formula is C15H19N3O5. The van der Waals surface area contributed by atoms with E-state index in [0.29, 0.717) is 0 Å². The molecule has 0 saturated carbocycles. The van der Waals surface area contributed by atoms with Crippen LogP contribution in [0.5, 0.6) is 0 Å². The number of amides is 3. The molecule has 0 saturated heterocycles. The summed E-state index contributed by atoms with van der Waals surface area (Å²) in [6, 6.07) is 8.99. The number of ether oxygens (including phenoxy) is 1. The van der Waals surface area contributed by atoms with E-state index in [1.165, 1.54) is 14.0 Å². The van der Waals surface area contributed by atoms with E-state index in [2.05, 4.69) is 10.6 Å². The fourth-order valence-corrected chi connectivity index (χ4v) is 1.59. The first kappa shape index (κ1) is 18.1. The van der Waals surface area contributed by atoms with Crippen LogP contribution in [0.1, 0.15) is 12.5 Å². The first-order valence-corrected chi connectivity index (χ1v) is 6.89. The van der Waals surface area contributed by atoms with E-state index in [-0.39, 0.29) is 19.2 Å². The van der Waals surface area contributed by atoms with Crippen LogP contribution in [0.25, 0.3) is 0 Å². The standard InChI is InChI=1S/C15H19N3O5/c1-11(19)17-10-18(8-13(20)14(21)16-2)15(22)23-9-12-6-4-3-5-7-12/h3-7H,8-10H2,1-2H3,(H,16,21)(H,17,19). The molecule has 0 heterocycles. The summed E-state index contributed by atoms with van der Waals surface area (Å²) in [5.41, 5.74) is 0.776. The summed E-state index contributed by atoms with van der Waals surface area (Å²) in [5, 5.41) is 4.57. The third-order valence-electron chi connectivity index (χ3n) is 2.80. The van der Waals surface area contributed by atoms with Crippen molar-refractivity contribution in [2.24, 2.45) is 0 Å². The highest BCUT2D eigenvalue weighted by atomic mass is 16.6. The summed E-state index contributed by atoms with van der Waals surface area (Å²) >= 11 is 0. The molecule has 0 unspecified atom stereocenters. The molecule has 0 aromatic heterocycles. The monoisotopic (exact) mass is 321 g/mol. The van der Waals surface area contributed by atoms with Crippen molar-refractivity contribution in [3.05, 3.63) is 35.9 Å². The zero-order valence-corrected chi connectivity index (χ0v) is 13.0. The lowest BCUT2D eigenvalue weighted by atomic mass is 10.2. The Morgan fingerprint density at radius 2 is 1.78 bits per heavy atom. The van der Waals surface area contributed by atoms with Crippen molar-refractivity contribution in [3.63, 3.8) is 0 Å². The maximum Gasteiger partial charge on any atom is 0.411 e. The van der Waals surface area contributed by atoms with Crippen LogP contribution in [-0.4, -0.2) is 48.9 Å². The van der Waals surface area contributed by atoms with Gasteiger partial charge in [0.15, 0.2) is 0 Å². The average molecular weight is 321 g/mol. The lowest BCUT2D eigenvalue weighted by molar-refractivity contribution is -0.138. The Morgan fingerprint density at radius 3 is 2.35 bits per heavy atom. The number of carbonyl (C=O) groups is 4. The molecule has 124 valence electrons. The molecule has 1 aromatic rings. The van der Waals surface area contributed by atoms with Gasteiger partial charge in [-0.1, -0.05) is 30.3 Å². The van der Waals surface area contributed by atoms with E-state index in [1.807, 2.05) is 6.07 Å². The smallest absolute Gasteiger partial charge is 0.411 e. The Bertz CT molecular complexity index is 574. The zero-order valence-electron chi connectivity index (χ0n) is 13.0. The zero-order chi connectivity index (χ0) is 17.2. The molecule has 2 N–H and O–H groups in total. The highest BCUT2D eigenvalue weighted by Crippen LogP contribution is 2.03. The molecule has 1 rings (SSSR count). The fourth-order valence-electron chi connectivity index (χ4n) is 1.59. The topological polar surface area (TPSA) is 105 Å². The Labute approximate surface area is 133 Å². The Hall–Kier alpha value is -2.90. The van der Waals surface area contributed by atoms with Gasteiger partial charge in [-0.3, -0.25) is 19.3 Å². The number of carbonyl (C=O) groups excluding carboxylic acids is 4. The number of rotatable bonds is 7. The summed E-state index contributed by atoms with van der Waals surface area (Å²) in [7, 11) is 1.31. The molecule has 0 atom stereocenters. The lowest BCUT2D eigenvalue weighted by Gasteiger charge is -2.21. The molecule has 8 heteroatoms. The minimum absolute atomic E-state index is 0.0183. The van der Waals surface area contributed by atoms with Gasteiger partial charge in [-0.15, -0.1) is 0 Å². The molecular weight excluding hydrogens is 302 g/mol. The highest BCUT2D eigenvalue weighted by Gasteiger charge is 2.22. The third kappa shape index (κ3) is 6.60. The predicted octanol–water partition coefficient (Wildman–Crippen LogP) is 0.0339. The Balaban J connectivity index is 2.65. The second kappa shape index (κ2) is 9.19. The summed E-state index contributed by atoms with van der Waals surface area (Å²) in [6.07, 6.45) is -0.806. The van der Waals surface area contributed by atoms with Crippen LogP contribution in [0.4, 0.5) is 4.79 Å². The SMILES string of the molecule is CNC(=O)C(=O)CN(CNC(C)=O)C(=O)OCc1ccccc1. The predicted molar refractivity (Wildman–Crippen MR) is 81.1 cm³/mol. The molecule has 0 spiro atoms. The van der Waals surface area contributed by atoms with Crippen molar-refractivity contribution in [3.8, 4) is 0 Å². The summed E-state index contributed by atoms with van der Waals surface area (Å²) in [6.45, 7) is 0.567. The Morgan fingerprint density at radius 1 is 1.13 bits per heavy atom. The van der Waals surface area contributed by atoms with Gasteiger partial charge < -0.3 is 15.4 Å². The van der Waals surface area contributed by atoms with Gasteiger partial charge in [0.05, 0.1) is 13.2 Å². The summed E-state index contributed by atoms with van der Waals surface area (Å²) in [5.74, 6) is -2.01. The molecule has 0 aliphatic heterocycles. The van der Waals surface area contributed by atoms with E-state index in [1.54, 1.807) is 24.3 Å². The van der Waals surface area contributed by atoms with E-state index in [9.17, 15) is 19.2 Å². The number of ketones is 1.